The summed E-state index contributed by atoms with van der Waals surface area (Å²) in [7, 11) is -1.72. The van der Waals surface area contributed by atoms with Crippen LogP contribution in [-0.2, 0) is 10.0 Å². The number of sulfonamides is 1. The maximum atomic E-state index is 12.5. The number of anilines is 1. The largest absolute Gasteiger partial charge is 0.387 e. The van der Waals surface area contributed by atoms with Crippen LogP contribution < -0.4 is 10.0 Å². The third-order valence-corrected chi connectivity index (χ3v) is 5.69. The minimum Gasteiger partial charge on any atom is -0.387 e. The molecule has 0 radical (unpaired) electrons. The molecule has 1 aliphatic carbocycles. The number of rotatable bonds is 4. The number of nitrogens with one attached hydrogen (secondary N) is 2. The summed E-state index contributed by atoms with van der Waals surface area (Å²) in [5.41, 5.74) is 0.973. The Kier molecular flexibility index (Phi) is 4.39. The predicted octanol–water partition coefficient (Wildman–Crippen LogP) is 2.98. The smallest absolute Gasteiger partial charge is 0.242 e. The minimum absolute atomic E-state index is 0.0536. The van der Waals surface area contributed by atoms with E-state index < -0.39 is 10.0 Å². The Morgan fingerprint density at radius 3 is 2.35 bits per heavy atom. The van der Waals surface area contributed by atoms with Gasteiger partial charge in [0, 0.05) is 13.1 Å². The van der Waals surface area contributed by atoms with Crippen LogP contribution >= 0.6 is 0 Å². The third kappa shape index (κ3) is 3.52. The van der Waals surface area contributed by atoms with Gasteiger partial charge < -0.3 is 5.32 Å². The average Bonchev–Trinajstić information content (AvgIpc) is 2.41. The molecule has 0 aromatic heterocycles. The Bertz CT molecular complexity index is 557. The monoisotopic (exact) mass is 296 g/mol. The lowest BCUT2D eigenvalue weighted by atomic mass is 9.76. The lowest BCUT2D eigenvalue weighted by molar-refractivity contribution is 0.218. The summed E-state index contributed by atoms with van der Waals surface area (Å²) >= 11 is 0. The summed E-state index contributed by atoms with van der Waals surface area (Å²) in [5, 5.41) is 2.93. The van der Waals surface area contributed by atoms with Gasteiger partial charge in [0.05, 0.1) is 5.69 Å². The maximum Gasteiger partial charge on any atom is 0.242 e. The third-order valence-electron chi connectivity index (χ3n) is 4.11. The van der Waals surface area contributed by atoms with E-state index in [1.807, 2.05) is 6.07 Å². The summed E-state index contributed by atoms with van der Waals surface area (Å²) in [6, 6.07) is 7.05. The predicted molar refractivity (Wildman–Crippen MR) is 82.3 cm³/mol. The van der Waals surface area contributed by atoms with Crippen molar-refractivity contribution in [3.63, 3.8) is 0 Å². The van der Waals surface area contributed by atoms with Gasteiger partial charge in [0.1, 0.15) is 4.90 Å². The van der Waals surface area contributed by atoms with Crippen molar-refractivity contribution in [2.75, 3.05) is 12.4 Å². The van der Waals surface area contributed by atoms with E-state index in [0.29, 0.717) is 16.0 Å². The molecule has 0 bridgehead atoms. The SMILES string of the molecule is CNc1ccccc1S(=O)(=O)NC1CCC(C)(C)CC1. The van der Waals surface area contributed by atoms with Crippen molar-refractivity contribution < 1.29 is 8.42 Å². The zero-order valence-corrected chi connectivity index (χ0v) is 13.3. The number of benzene rings is 1. The first-order valence-electron chi connectivity index (χ1n) is 7.13. The number of hydrogen-bond acceptors (Lipinski definition) is 3. The molecular weight excluding hydrogens is 272 g/mol. The highest BCUT2D eigenvalue weighted by Gasteiger charge is 2.30. The Balaban J connectivity index is 2.12. The lowest BCUT2D eigenvalue weighted by Gasteiger charge is -2.34. The summed E-state index contributed by atoms with van der Waals surface area (Å²) in [6.45, 7) is 4.49. The van der Waals surface area contributed by atoms with Gasteiger partial charge in [-0.25, -0.2) is 13.1 Å². The Morgan fingerprint density at radius 2 is 1.75 bits per heavy atom. The molecule has 2 N–H and O–H groups in total. The summed E-state index contributed by atoms with van der Waals surface area (Å²) in [4.78, 5) is 0.326. The molecule has 1 fully saturated rings. The summed E-state index contributed by atoms with van der Waals surface area (Å²) in [6.07, 6.45) is 3.95. The Labute approximate surface area is 122 Å². The lowest BCUT2D eigenvalue weighted by Crippen LogP contribution is -2.39. The van der Waals surface area contributed by atoms with E-state index in [0.717, 1.165) is 25.7 Å². The zero-order chi connectivity index (χ0) is 14.8. The molecule has 0 atom stereocenters. The fraction of sp³-hybridized carbons (Fsp3) is 0.600. The van der Waals surface area contributed by atoms with Gasteiger partial charge in [0.2, 0.25) is 10.0 Å². The molecule has 20 heavy (non-hydrogen) atoms. The van der Waals surface area contributed by atoms with Crippen LogP contribution in [0.1, 0.15) is 39.5 Å². The van der Waals surface area contributed by atoms with Crippen LogP contribution in [0.5, 0.6) is 0 Å². The maximum absolute atomic E-state index is 12.5. The van der Waals surface area contributed by atoms with Crippen molar-refractivity contribution in [1.29, 1.82) is 0 Å². The highest BCUT2D eigenvalue weighted by Crippen LogP contribution is 2.35. The molecule has 1 aromatic rings. The molecular formula is C15H24N2O2S. The Hall–Kier alpha value is -1.07. The number of para-hydroxylation sites is 1. The van der Waals surface area contributed by atoms with Crippen molar-refractivity contribution in [1.82, 2.24) is 4.72 Å². The van der Waals surface area contributed by atoms with Gasteiger partial charge in [-0.2, -0.15) is 0 Å². The first kappa shape index (κ1) is 15.3. The van der Waals surface area contributed by atoms with Gasteiger partial charge in [0.25, 0.3) is 0 Å². The molecule has 0 saturated heterocycles. The van der Waals surface area contributed by atoms with Crippen molar-refractivity contribution in [2.45, 2.75) is 50.5 Å². The van der Waals surface area contributed by atoms with Gasteiger partial charge in [0.15, 0.2) is 0 Å². The van der Waals surface area contributed by atoms with E-state index in [-0.39, 0.29) is 6.04 Å². The van der Waals surface area contributed by atoms with Gasteiger partial charge in [-0.3, -0.25) is 0 Å². The molecule has 112 valence electrons. The molecule has 0 aliphatic heterocycles. The topological polar surface area (TPSA) is 58.2 Å². The molecule has 0 unspecified atom stereocenters. The molecule has 1 aromatic carbocycles. The fourth-order valence-electron chi connectivity index (χ4n) is 2.71. The number of hydrogen-bond donors (Lipinski definition) is 2. The molecule has 1 saturated carbocycles. The quantitative estimate of drug-likeness (QED) is 0.898. The van der Waals surface area contributed by atoms with Gasteiger partial charge in [-0.05, 0) is 43.2 Å². The molecule has 2 rings (SSSR count). The molecule has 1 aliphatic rings. The van der Waals surface area contributed by atoms with E-state index in [2.05, 4.69) is 23.9 Å². The highest BCUT2D eigenvalue weighted by atomic mass is 32.2. The van der Waals surface area contributed by atoms with Gasteiger partial charge in [-0.1, -0.05) is 26.0 Å². The minimum atomic E-state index is -3.45. The Morgan fingerprint density at radius 1 is 1.15 bits per heavy atom. The van der Waals surface area contributed by atoms with Crippen LogP contribution in [0.15, 0.2) is 29.2 Å². The van der Waals surface area contributed by atoms with Crippen LogP contribution in [-0.4, -0.2) is 21.5 Å². The second kappa shape index (κ2) is 5.74. The first-order valence-corrected chi connectivity index (χ1v) is 8.61. The van der Waals surface area contributed by atoms with Crippen molar-refractivity contribution in [3.05, 3.63) is 24.3 Å². The first-order chi connectivity index (χ1) is 9.34. The standard InChI is InChI=1S/C15H24N2O2S/c1-15(2)10-8-12(9-11-15)17-20(18,19)14-7-5-4-6-13(14)16-3/h4-7,12,16-17H,8-11H2,1-3H3. The van der Waals surface area contributed by atoms with E-state index in [4.69, 9.17) is 0 Å². The van der Waals surface area contributed by atoms with Crippen LogP contribution in [0.2, 0.25) is 0 Å². The van der Waals surface area contributed by atoms with Crippen LogP contribution in [0.3, 0.4) is 0 Å². The van der Waals surface area contributed by atoms with E-state index in [1.165, 1.54) is 0 Å². The van der Waals surface area contributed by atoms with Crippen LogP contribution in [0, 0.1) is 5.41 Å². The molecule has 4 nitrogen and oxygen atoms in total. The molecule has 0 spiro atoms. The average molecular weight is 296 g/mol. The van der Waals surface area contributed by atoms with E-state index in [9.17, 15) is 8.42 Å². The van der Waals surface area contributed by atoms with Crippen molar-refractivity contribution in [2.24, 2.45) is 5.41 Å². The van der Waals surface area contributed by atoms with Crippen LogP contribution in [0.4, 0.5) is 5.69 Å². The van der Waals surface area contributed by atoms with Crippen molar-refractivity contribution in [3.8, 4) is 0 Å². The van der Waals surface area contributed by atoms with Gasteiger partial charge in [-0.15, -0.1) is 0 Å². The van der Waals surface area contributed by atoms with E-state index in [1.54, 1.807) is 25.2 Å². The van der Waals surface area contributed by atoms with Crippen LogP contribution in [0.25, 0.3) is 0 Å². The fourth-order valence-corrected chi connectivity index (χ4v) is 4.23. The summed E-state index contributed by atoms with van der Waals surface area (Å²) < 4.78 is 27.8. The molecule has 5 heteroatoms. The normalized spacial score (nSPS) is 19.8. The molecule has 0 amide bonds. The van der Waals surface area contributed by atoms with Crippen molar-refractivity contribution >= 4 is 15.7 Å². The summed E-state index contributed by atoms with van der Waals surface area (Å²) in [5.74, 6) is 0. The second-order valence-electron chi connectivity index (χ2n) is 6.31. The molecule has 0 heterocycles. The zero-order valence-electron chi connectivity index (χ0n) is 12.4. The van der Waals surface area contributed by atoms with Gasteiger partial charge >= 0.3 is 0 Å². The highest BCUT2D eigenvalue weighted by molar-refractivity contribution is 7.89. The van der Waals surface area contributed by atoms with E-state index >= 15 is 0 Å². The second-order valence-corrected chi connectivity index (χ2v) is 7.99.